The van der Waals surface area contributed by atoms with Gasteiger partial charge in [-0.05, 0) is 80.6 Å². The summed E-state index contributed by atoms with van der Waals surface area (Å²) in [6.07, 6.45) is 8.94. The number of amides is 1. The minimum atomic E-state index is -3.58. The molecule has 3 atom stereocenters. The second-order valence-electron chi connectivity index (χ2n) is 12.9. The molecule has 1 amide bonds. The van der Waals surface area contributed by atoms with Gasteiger partial charge in [0.2, 0.25) is 15.7 Å². The Bertz CT molecular complexity index is 1650. The van der Waals surface area contributed by atoms with Crippen LogP contribution in [0.4, 0.5) is 5.69 Å². The quantitative estimate of drug-likeness (QED) is 0.334. The van der Waals surface area contributed by atoms with Crippen molar-refractivity contribution in [2.75, 3.05) is 37.6 Å². The Morgan fingerprint density at radius 1 is 1.07 bits per heavy atom. The van der Waals surface area contributed by atoms with Gasteiger partial charge in [-0.1, -0.05) is 43.3 Å². The number of carbonyl (C=O) groups excluding carboxylic acids is 1. The van der Waals surface area contributed by atoms with Gasteiger partial charge in [-0.2, -0.15) is 10.4 Å². The van der Waals surface area contributed by atoms with Crippen molar-refractivity contribution >= 4 is 21.4 Å². The summed E-state index contributed by atoms with van der Waals surface area (Å²) in [5, 5.41) is 18.1. The third-order valence-corrected chi connectivity index (χ3v) is 12.0. The maximum Gasteiger partial charge on any atom is 0.243 e. The average Bonchev–Trinajstić information content (AvgIpc) is 3.70. The number of piperidine rings is 1. The lowest BCUT2D eigenvalue weighted by molar-refractivity contribution is -0.117. The molecule has 1 aromatic heterocycles. The van der Waals surface area contributed by atoms with E-state index in [0.717, 1.165) is 76.1 Å². The van der Waals surface area contributed by atoms with Gasteiger partial charge in [0.1, 0.15) is 4.90 Å². The van der Waals surface area contributed by atoms with Crippen molar-refractivity contribution in [3.05, 3.63) is 85.2 Å². The number of hydrogen-bond donors (Lipinski definition) is 1. The van der Waals surface area contributed by atoms with E-state index in [1.807, 2.05) is 30.3 Å². The van der Waals surface area contributed by atoms with E-state index >= 15 is 0 Å². The van der Waals surface area contributed by atoms with E-state index in [1.165, 1.54) is 23.2 Å². The Kier molecular flexibility index (Phi) is 8.85. The molecule has 2 aliphatic heterocycles. The smallest absolute Gasteiger partial charge is 0.243 e. The number of aromatic nitrogens is 2. The maximum atomic E-state index is 12.9. The van der Waals surface area contributed by atoms with E-state index < -0.39 is 15.3 Å². The topological polar surface area (TPSA) is 111 Å². The number of nitriles is 1. The molecule has 0 spiro atoms. The highest BCUT2D eigenvalue weighted by molar-refractivity contribution is 7.91. The lowest BCUT2D eigenvalue weighted by atomic mass is 9.59. The van der Waals surface area contributed by atoms with Gasteiger partial charge in [0.15, 0.2) is 0 Å². The molecule has 2 saturated heterocycles. The number of sulfone groups is 1. The molecule has 0 radical (unpaired) electrons. The number of benzene rings is 2. The van der Waals surface area contributed by atoms with Crippen LogP contribution in [0.5, 0.6) is 0 Å². The molecule has 45 heavy (non-hydrogen) atoms. The molecule has 1 aliphatic carbocycles. The zero-order chi connectivity index (χ0) is 31.6. The van der Waals surface area contributed by atoms with Gasteiger partial charge >= 0.3 is 0 Å². The minimum absolute atomic E-state index is 0.0288. The molecule has 2 unspecified atom stereocenters. The number of likely N-dealkylation sites (tertiary alicyclic amines) is 1. The summed E-state index contributed by atoms with van der Waals surface area (Å²) in [6.45, 7) is 8.44. The first kappa shape index (κ1) is 31.1. The van der Waals surface area contributed by atoms with Gasteiger partial charge in [0.05, 0.1) is 22.6 Å². The Morgan fingerprint density at radius 2 is 1.78 bits per heavy atom. The lowest BCUT2D eigenvalue weighted by Gasteiger charge is -2.48. The fourth-order valence-corrected chi connectivity index (χ4v) is 9.21. The van der Waals surface area contributed by atoms with E-state index in [4.69, 9.17) is 0 Å². The van der Waals surface area contributed by atoms with Crippen LogP contribution >= 0.6 is 0 Å². The van der Waals surface area contributed by atoms with Gasteiger partial charge in [-0.25, -0.2) is 8.42 Å². The van der Waals surface area contributed by atoms with Crippen molar-refractivity contribution in [2.24, 2.45) is 24.8 Å². The number of aryl methyl sites for hydroxylation is 1. The maximum absolute atomic E-state index is 12.9. The molecule has 3 aliphatic rings. The molecular formula is C35H42N6O3S. The first-order valence-electron chi connectivity index (χ1n) is 16.0. The molecule has 6 rings (SSSR count). The number of nitrogens with zero attached hydrogens (tertiary/aromatic N) is 5. The van der Waals surface area contributed by atoms with Crippen LogP contribution in [0.25, 0.3) is 0 Å². The van der Waals surface area contributed by atoms with Crippen LogP contribution in [0.15, 0.2) is 89.4 Å². The molecule has 0 bridgehead atoms. The predicted molar refractivity (Wildman–Crippen MR) is 173 cm³/mol. The SMILES string of the molecule is C=CC(=O)N[C@H]1CCCC1C(C#N)(c1ccccc1)C1CCN(CC2CN(c3ccc(S(=O)(=O)c4cnn(C)c4)cc3)C2)CC1. The molecular weight excluding hydrogens is 584 g/mol. The zero-order valence-corrected chi connectivity index (χ0v) is 26.7. The number of anilines is 1. The third kappa shape index (κ3) is 6.03. The standard InChI is InChI=1S/C35H42N6O3S/c1-3-34(42)38-33-11-7-10-32(33)35(25-36,27-8-5-4-6-9-27)28-16-18-40(19-17-28)21-26-22-41(23-26)29-12-14-30(15-13-29)45(43,44)31-20-37-39(2)24-31/h3-6,8-9,12-15,20,24,26,28,32-33H,1,7,10-11,16-19,21-23H2,2H3,(H,38,42)/t32?,33-,35?/m0/s1. The summed E-state index contributed by atoms with van der Waals surface area (Å²) in [5.74, 6) is 0.661. The lowest BCUT2D eigenvalue weighted by Crippen LogP contribution is -2.55. The first-order valence-corrected chi connectivity index (χ1v) is 17.4. The first-order chi connectivity index (χ1) is 21.7. The summed E-state index contributed by atoms with van der Waals surface area (Å²) < 4.78 is 27.3. The van der Waals surface area contributed by atoms with Gasteiger partial charge in [-0.15, -0.1) is 0 Å². The van der Waals surface area contributed by atoms with E-state index in [0.29, 0.717) is 5.92 Å². The monoisotopic (exact) mass is 626 g/mol. The van der Waals surface area contributed by atoms with E-state index in [2.05, 4.69) is 45.0 Å². The summed E-state index contributed by atoms with van der Waals surface area (Å²) in [5.41, 5.74) is 1.46. The van der Waals surface area contributed by atoms with Crippen molar-refractivity contribution < 1.29 is 13.2 Å². The predicted octanol–water partition coefficient (Wildman–Crippen LogP) is 4.33. The van der Waals surface area contributed by atoms with E-state index in [1.54, 1.807) is 19.2 Å². The molecule has 1 N–H and O–H groups in total. The van der Waals surface area contributed by atoms with E-state index in [-0.39, 0.29) is 33.6 Å². The van der Waals surface area contributed by atoms with Gasteiger partial charge in [-0.3, -0.25) is 9.48 Å². The van der Waals surface area contributed by atoms with Crippen molar-refractivity contribution in [3.8, 4) is 6.07 Å². The van der Waals surface area contributed by atoms with Gasteiger partial charge in [0.25, 0.3) is 0 Å². The fourth-order valence-electron chi connectivity index (χ4n) is 7.97. The number of nitrogens with one attached hydrogen (secondary N) is 1. The zero-order valence-electron chi connectivity index (χ0n) is 25.9. The second kappa shape index (κ2) is 12.8. The Balaban J connectivity index is 1.07. The van der Waals surface area contributed by atoms with Crippen LogP contribution in [-0.2, 0) is 27.1 Å². The van der Waals surface area contributed by atoms with Crippen molar-refractivity contribution in [2.45, 2.75) is 53.4 Å². The molecule has 236 valence electrons. The summed E-state index contributed by atoms with van der Waals surface area (Å²) in [6, 6.07) is 20.2. The minimum Gasteiger partial charge on any atom is -0.371 e. The Hall–Kier alpha value is -3.94. The summed E-state index contributed by atoms with van der Waals surface area (Å²) >= 11 is 0. The van der Waals surface area contributed by atoms with E-state index in [9.17, 15) is 18.5 Å². The van der Waals surface area contributed by atoms with Crippen LogP contribution < -0.4 is 10.2 Å². The molecule has 3 fully saturated rings. The van der Waals surface area contributed by atoms with Crippen LogP contribution in [0.3, 0.4) is 0 Å². The average molecular weight is 627 g/mol. The molecule has 3 heterocycles. The van der Waals surface area contributed by atoms with Crippen molar-refractivity contribution in [1.29, 1.82) is 5.26 Å². The summed E-state index contributed by atoms with van der Waals surface area (Å²) in [4.78, 5) is 17.6. The van der Waals surface area contributed by atoms with Crippen molar-refractivity contribution in [3.63, 3.8) is 0 Å². The van der Waals surface area contributed by atoms with Crippen LogP contribution in [-0.4, -0.2) is 67.8 Å². The fraction of sp³-hybridized carbons (Fsp3) is 0.457. The number of rotatable bonds is 10. The van der Waals surface area contributed by atoms with Crippen LogP contribution in [0.1, 0.15) is 37.7 Å². The molecule has 9 nitrogen and oxygen atoms in total. The largest absolute Gasteiger partial charge is 0.371 e. The molecule has 3 aromatic rings. The second-order valence-corrected chi connectivity index (χ2v) is 14.8. The Morgan fingerprint density at radius 3 is 2.40 bits per heavy atom. The molecule has 2 aromatic carbocycles. The highest BCUT2D eigenvalue weighted by atomic mass is 32.2. The molecule has 10 heteroatoms. The molecule has 1 saturated carbocycles. The van der Waals surface area contributed by atoms with Gasteiger partial charge < -0.3 is 15.1 Å². The highest BCUT2D eigenvalue weighted by Gasteiger charge is 2.52. The highest BCUT2D eigenvalue weighted by Crippen LogP contribution is 2.50. The summed E-state index contributed by atoms with van der Waals surface area (Å²) in [7, 11) is -1.88. The van der Waals surface area contributed by atoms with Crippen molar-refractivity contribution in [1.82, 2.24) is 20.0 Å². The third-order valence-electron chi connectivity index (χ3n) is 10.3. The Labute approximate surface area is 266 Å². The number of carbonyl (C=O) groups is 1. The van der Waals surface area contributed by atoms with Crippen LogP contribution in [0, 0.1) is 29.1 Å². The van der Waals surface area contributed by atoms with Crippen LogP contribution in [0.2, 0.25) is 0 Å². The van der Waals surface area contributed by atoms with Gasteiger partial charge in [0, 0.05) is 56.4 Å². The normalized spacial score (nSPS) is 22.7. The number of hydrogen-bond acceptors (Lipinski definition) is 7.